The van der Waals surface area contributed by atoms with Crippen molar-refractivity contribution in [2.75, 3.05) is 11.9 Å². The van der Waals surface area contributed by atoms with Crippen molar-refractivity contribution in [2.24, 2.45) is 0 Å². The van der Waals surface area contributed by atoms with Crippen LogP contribution >= 0.6 is 15.9 Å². The van der Waals surface area contributed by atoms with E-state index in [9.17, 15) is 0 Å². The first-order valence-corrected chi connectivity index (χ1v) is 12.1. The van der Waals surface area contributed by atoms with Crippen molar-refractivity contribution in [3.05, 3.63) is 98.8 Å². The molecule has 0 saturated heterocycles. The number of anilines is 1. The molecule has 5 aromatic rings. The largest absolute Gasteiger partial charge is 0.384 e. The van der Waals surface area contributed by atoms with E-state index in [-0.39, 0.29) is 7.43 Å². The van der Waals surface area contributed by atoms with E-state index in [1.165, 1.54) is 16.5 Å². The molecule has 3 aromatic carbocycles. The van der Waals surface area contributed by atoms with Gasteiger partial charge in [0.25, 0.3) is 0 Å². The Morgan fingerprint density at radius 3 is 1.92 bits per heavy atom. The van der Waals surface area contributed by atoms with Gasteiger partial charge in [-0.2, -0.15) is 15.8 Å². The Balaban J connectivity index is 0.000000152. The number of nitriles is 3. The number of rotatable bonds is 0. The number of aromatic amines is 2. The number of nitrogens with one attached hydrogen (secondary N) is 3. The molecule has 184 valence electrons. The van der Waals surface area contributed by atoms with Crippen LogP contribution in [0.4, 0.5) is 5.69 Å². The smallest absolute Gasteiger partial charge is 0.0992 e. The van der Waals surface area contributed by atoms with Gasteiger partial charge >= 0.3 is 0 Å². The molecule has 3 heterocycles. The van der Waals surface area contributed by atoms with Crippen molar-refractivity contribution >= 4 is 43.4 Å². The van der Waals surface area contributed by atoms with Crippen molar-refractivity contribution in [3.63, 3.8) is 0 Å². The second-order valence-corrected chi connectivity index (χ2v) is 9.31. The summed E-state index contributed by atoms with van der Waals surface area (Å²) in [4.78, 5) is 6.14. The molecule has 0 aliphatic carbocycles. The molecule has 0 bridgehead atoms. The normalized spacial score (nSPS) is 10.8. The minimum absolute atomic E-state index is 0. The van der Waals surface area contributed by atoms with Crippen LogP contribution in [0.5, 0.6) is 0 Å². The lowest BCUT2D eigenvalue weighted by Gasteiger charge is -2.03. The third-order valence-corrected chi connectivity index (χ3v) is 6.70. The van der Waals surface area contributed by atoms with Crippen LogP contribution in [0.15, 0.2) is 65.4 Å². The highest BCUT2D eigenvalue weighted by Crippen LogP contribution is 2.27. The first-order valence-electron chi connectivity index (χ1n) is 11.4. The van der Waals surface area contributed by atoms with Gasteiger partial charge in [-0.05, 0) is 85.5 Å². The van der Waals surface area contributed by atoms with Crippen molar-refractivity contribution in [3.8, 4) is 18.2 Å². The molecule has 0 fully saturated rings. The Morgan fingerprint density at radius 1 is 0.730 bits per heavy atom. The molecule has 0 radical (unpaired) electrons. The molecule has 2 aromatic heterocycles. The molecule has 37 heavy (non-hydrogen) atoms. The topological polar surface area (TPSA) is 115 Å². The Labute approximate surface area is 225 Å². The van der Waals surface area contributed by atoms with E-state index in [0.29, 0.717) is 11.1 Å². The zero-order valence-electron chi connectivity index (χ0n) is 19.9. The van der Waals surface area contributed by atoms with E-state index in [1.54, 1.807) is 0 Å². The molecule has 0 spiro atoms. The van der Waals surface area contributed by atoms with Crippen LogP contribution in [0.1, 0.15) is 40.8 Å². The Bertz CT molecular complexity index is 1600. The van der Waals surface area contributed by atoms with Gasteiger partial charge in [0, 0.05) is 50.9 Å². The van der Waals surface area contributed by atoms with E-state index in [2.05, 4.69) is 56.3 Å². The molecular weight excluding hydrogens is 524 g/mol. The van der Waals surface area contributed by atoms with Gasteiger partial charge in [0.05, 0.1) is 34.9 Å². The number of fused-ring (bicyclic) bond motifs is 3. The highest BCUT2D eigenvalue weighted by Gasteiger charge is 2.12. The number of halogens is 1. The van der Waals surface area contributed by atoms with Crippen molar-refractivity contribution in [1.82, 2.24) is 9.97 Å². The minimum Gasteiger partial charge on any atom is -0.384 e. The van der Waals surface area contributed by atoms with Crippen LogP contribution < -0.4 is 5.32 Å². The van der Waals surface area contributed by atoms with Gasteiger partial charge in [0.1, 0.15) is 0 Å². The number of nitrogens with zero attached hydrogens (tertiary/aromatic N) is 3. The molecule has 0 atom stereocenters. The summed E-state index contributed by atoms with van der Waals surface area (Å²) < 4.78 is 0.956. The third kappa shape index (κ3) is 6.01. The standard InChI is InChI=1S/C10H10N2.C10H8N2.C9H5BrN2.CH4/c2*1-7-4-8(6-11)5-10-9(7)2-3-12-10;10-8-3-6(5-11)4-9-7(8)1-2-12-9;/h4-5,12H,2-3H2,1H3;2-5,12H,1H3;1-4,12H;1H4. The van der Waals surface area contributed by atoms with E-state index in [0.717, 1.165) is 50.7 Å². The first-order chi connectivity index (χ1) is 17.4. The minimum atomic E-state index is 0. The second-order valence-electron chi connectivity index (χ2n) is 8.46. The van der Waals surface area contributed by atoms with Gasteiger partial charge in [-0.15, -0.1) is 0 Å². The molecule has 0 amide bonds. The second kappa shape index (κ2) is 12.0. The molecule has 6 nitrogen and oxygen atoms in total. The monoisotopic (exact) mass is 550 g/mol. The lowest BCUT2D eigenvalue weighted by molar-refractivity contribution is 1.09. The van der Waals surface area contributed by atoms with Crippen LogP contribution in [0.2, 0.25) is 0 Å². The first kappa shape index (κ1) is 27.1. The fraction of sp³-hybridized carbons (Fsp3) is 0.167. The maximum absolute atomic E-state index is 8.72. The van der Waals surface area contributed by atoms with Crippen LogP contribution in [0.25, 0.3) is 21.8 Å². The van der Waals surface area contributed by atoms with Crippen LogP contribution in [0.3, 0.4) is 0 Å². The molecule has 0 saturated carbocycles. The van der Waals surface area contributed by atoms with Gasteiger partial charge in [-0.3, -0.25) is 0 Å². The average molecular weight is 551 g/mol. The quantitative estimate of drug-likeness (QED) is 0.184. The van der Waals surface area contributed by atoms with Crippen LogP contribution in [0, 0.1) is 47.8 Å². The highest BCUT2D eigenvalue weighted by atomic mass is 79.9. The lowest BCUT2D eigenvalue weighted by Crippen LogP contribution is -1.90. The van der Waals surface area contributed by atoms with Crippen molar-refractivity contribution < 1.29 is 0 Å². The molecule has 0 unspecified atom stereocenters. The van der Waals surface area contributed by atoms with E-state index in [1.807, 2.05) is 67.8 Å². The number of benzene rings is 3. The third-order valence-electron chi connectivity index (χ3n) is 6.04. The molecule has 7 heteroatoms. The van der Waals surface area contributed by atoms with E-state index < -0.39 is 0 Å². The van der Waals surface area contributed by atoms with Gasteiger partial charge in [-0.25, -0.2) is 0 Å². The van der Waals surface area contributed by atoms with Gasteiger partial charge < -0.3 is 15.3 Å². The number of hydrogen-bond donors (Lipinski definition) is 3. The van der Waals surface area contributed by atoms with Gasteiger partial charge in [-0.1, -0.05) is 23.4 Å². The average Bonchev–Trinajstić information content (AvgIpc) is 3.65. The van der Waals surface area contributed by atoms with Crippen molar-refractivity contribution in [2.45, 2.75) is 27.7 Å². The van der Waals surface area contributed by atoms with Gasteiger partial charge in [0.15, 0.2) is 0 Å². The molecular formula is C30H27BrN6. The number of hydrogen-bond acceptors (Lipinski definition) is 4. The Kier molecular flexibility index (Phi) is 8.75. The fourth-order valence-electron chi connectivity index (χ4n) is 4.30. The Hall–Kier alpha value is -4.51. The summed E-state index contributed by atoms with van der Waals surface area (Å²) >= 11 is 3.40. The number of aromatic nitrogens is 2. The summed E-state index contributed by atoms with van der Waals surface area (Å²) in [5.74, 6) is 0. The van der Waals surface area contributed by atoms with E-state index in [4.69, 9.17) is 15.8 Å². The predicted molar refractivity (Wildman–Crippen MR) is 153 cm³/mol. The lowest BCUT2D eigenvalue weighted by atomic mass is 10.0. The van der Waals surface area contributed by atoms with Gasteiger partial charge in [0.2, 0.25) is 0 Å². The number of aryl methyl sites for hydroxylation is 2. The summed E-state index contributed by atoms with van der Waals surface area (Å²) in [6, 6.07) is 21.7. The maximum atomic E-state index is 8.72. The summed E-state index contributed by atoms with van der Waals surface area (Å²) in [6.45, 7) is 5.08. The molecule has 1 aliphatic rings. The zero-order chi connectivity index (χ0) is 25.7. The Morgan fingerprint density at radius 2 is 1.27 bits per heavy atom. The van der Waals surface area contributed by atoms with Crippen LogP contribution in [-0.4, -0.2) is 16.5 Å². The molecule has 3 N–H and O–H groups in total. The fourth-order valence-corrected chi connectivity index (χ4v) is 4.89. The van der Waals surface area contributed by atoms with E-state index >= 15 is 0 Å². The van der Waals surface area contributed by atoms with Crippen molar-refractivity contribution in [1.29, 1.82) is 15.8 Å². The molecule has 1 aliphatic heterocycles. The summed E-state index contributed by atoms with van der Waals surface area (Å²) in [5.41, 5.74) is 9.03. The molecule has 6 rings (SSSR count). The van der Waals surface area contributed by atoms with Crippen LogP contribution in [-0.2, 0) is 6.42 Å². The highest BCUT2D eigenvalue weighted by molar-refractivity contribution is 9.10. The SMILES string of the molecule is C.Cc1cc(C#N)cc2[nH]ccc12.Cc1cc(C#N)cc2c1CCN2.N#Cc1cc(Br)c2cc[nH]c2c1. The number of H-pyrrole nitrogens is 2. The predicted octanol–water partition coefficient (Wildman–Crippen LogP) is 7.62. The maximum Gasteiger partial charge on any atom is 0.0992 e. The zero-order valence-corrected chi connectivity index (χ0v) is 21.5. The summed E-state index contributed by atoms with van der Waals surface area (Å²) in [6.07, 6.45) is 4.84. The summed E-state index contributed by atoms with van der Waals surface area (Å²) in [7, 11) is 0. The summed E-state index contributed by atoms with van der Waals surface area (Å²) in [5, 5.41) is 31.6.